The lowest BCUT2D eigenvalue weighted by Crippen LogP contribution is -2.44. The number of benzene rings is 1. The fraction of sp³-hybridized carbons (Fsp3) is 0.500. The van der Waals surface area contributed by atoms with E-state index in [9.17, 15) is 13.2 Å². The lowest BCUT2D eigenvalue weighted by atomic mass is 10.2. The van der Waals surface area contributed by atoms with Crippen molar-refractivity contribution in [3.63, 3.8) is 0 Å². The molecule has 0 bridgehead atoms. The number of hydrogen-bond acceptors (Lipinski definition) is 4. The van der Waals surface area contributed by atoms with Gasteiger partial charge >= 0.3 is 0 Å². The number of para-hydroxylation sites is 1. The molecule has 20 heavy (non-hydrogen) atoms. The molecule has 0 spiro atoms. The molecule has 0 heterocycles. The van der Waals surface area contributed by atoms with Gasteiger partial charge in [0.05, 0.1) is 0 Å². The van der Waals surface area contributed by atoms with Gasteiger partial charge in [0.1, 0.15) is 5.25 Å². The number of amides is 1. The smallest absolute Gasteiger partial charge is 0.238 e. The summed E-state index contributed by atoms with van der Waals surface area (Å²) < 4.78 is 22.6. The molecule has 0 radical (unpaired) electrons. The van der Waals surface area contributed by atoms with Gasteiger partial charge in [-0.3, -0.25) is 4.79 Å². The number of anilines is 1. The molecule has 0 aliphatic rings. The van der Waals surface area contributed by atoms with E-state index in [-0.39, 0.29) is 6.04 Å². The SMILES string of the molecule is C[C@H](C(=O)NC[C@H](C)N(C)c1ccccc1)S(C)(=O)=O. The van der Waals surface area contributed by atoms with E-state index < -0.39 is 21.0 Å². The van der Waals surface area contributed by atoms with Crippen LogP contribution in [0.2, 0.25) is 0 Å². The Balaban J connectivity index is 2.56. The first-order valence-electron chi connectivity index (χ1n) is 6.48. The number of nitrogens with zero attached hydrogens (tertiary/aromatic N) is 1. The van der Waals surface area contributed by atoms with Crippen molar-refractivity contribution in [1.82, 2.24) is 5.32 Å². The number of carbonyl (C=O) groups is 1. The molecule has 6 heteroatoms. The minimum absolute atomic E-state index is 0.0631. The molecule has 0 saturated carbocycles. The zero-order chi connectivity index (χ0) is 15.3. The average molecular weight is 298 g/mol. The van der Waals surface area contributed by atoms with Gasteiger partial charge in [-0.1, -0.05) is 18.2 Å². The molecule has 2 atom stereocenters. The van der Waals surface area contributed by atoms with Crippen LogP contribution in [0.5, 0.6) is 0 Å². The van der Waals surface area contributed by atoms with Gasteiger partial charge in [-0.15, -0.1) is 0 Å². The maximum Gasteiger partial charge on any atom is 0.238 e. The standard InChI is InChI=1S/C14H22N2O3S/c1-11(16(3)13-8-6-5-7-9-13)10-15-14(17)12(2)20(4,18)19/h5-9,11-12H,10H2,1-4H3,(H,15,17)/t11-,12+/m0/s1. The van der Waals surface area contributed by atoms with E-state index in [4.69, 9.17) is 0 Å². The second-order valence-electron chi connectivity index (χ2n) is 5.01. The number of hydrogen-bond donors (Lipinski definition) is 1. The predicted octanol–water partition coefficient (Wildman–Crippen LogP) is 1.06. The number of sulfone groups is 1. The molecule has 0 aliphatic carbocycles. The zero-order valence-electron chi connectivity index (χ0n) is 12.3. The van der Waals surface area contributed by atoms with Crippen molar-refractivity contribution in [3.8, 4) is 0 Å². The molecular formula is C14H22N2O3S. The van der Waals surface area contributed by atoms with E-state index in [1.54, 1.807) is 0 Å². The summed E-state index contributed by atoms with van der Waals surface area (Å²) in [5.41, 5.74) is 1.05. The highest BCUT2D eigenvalue weighted by Crippen LogP contribution is 2.13. The molecule has 1 rings (SSSR count). The maximum atomic E-state index is 11.7. The first-order chi connectivity index (χ1) is 9.23. The van der Waals surface area contributed by atoms with Crippen LogP contribution in [0, 0.1) is 0 Å². The second kappa shape index (κ2) is 6.74. The molecule has 0 saturated heterocycles. The summed E-state index contributed by atoms with van der Waals surface area (Å²) in [4.78, 5) is 13.8. The Morgan fingerprint density at radius 2 is 1.80 bits per heavy atom. The molecule has 1 amide bonds. The number of nitrogens with one attached hydrogen (secondary N) is 1. The van der Waals surface area contributed by atoms with Crippen molar-refractivity contribution in [2.75, 3.05) is 24.7 Å². The van der Waals surface area contributed by atoms with Gasteiger partial charge in [0.2, 0.25) is 5.91 Å². The molecule has 1 aromatic rings. The van der Waals surface area contributed by atoms with Gasteiger partial charge in [-0.25, -0.2) is 8.42 Å². The number of rotatable bonds is 6. The second-order valence-corrected chi connectivity index (χ2v) is 7.38. The third-order valence-electron chi connectivity index (χ3n) is 3.41. The summed E-state index contributed by atoms with van der Waals surface area (Å²) in [7, 11) is -1.41. The Kier molecular flexibility index (Phi) is 5.56. The van der Waals surface area contributed by atoms with Crippen LogP contribution < -0.4 is 10.2 Å². The third kappa shape index (κ3) is 4.52. The van der Waals surface area contributed by atoms with Crippen LogP contribution in [0.3, 0.4) is 0 Å². The third-order valence-corrected chi connectivity index (χ3v) is 4.91. The van der Waals surface area contributed by atoms with Crippen molar-refractivity contribution in [1.29, 1.82) is 0 Å². The fourth-order valence-electron chi connectivity index (χ4n) is 1.64. The summed E-state index contributed by atoms with van der Waals surface area (Å²) in [6, 6.07) is 9.87. The Bertz CT molecular complexity index is 543. The molecular weight excluding hydrogens is 276 g/mol. The highest BCUT2D eigenvalue weighted by molar-refractivity contribution is 7.92. The van der Waals surface area contributed by atoms with Crippen molar-refractivity contribution in [2.45, 2.75) is 25.1 Å². The van der Waals surface area contributed by atoms with Crippen LogP contribution in [0.25, 0.3) is 0 Å². The Hall–Kier alpha value is -1.56. The van der Waals surface area contributed by atoms with Crippen LogP contribution in [0.1, 0.15) is 13.8 Å². The molecule has 0 aliphatic heterocycles. The van der Waals surface area contributed by atoms with E-state index in [2.05, 4.69) is 5.32 Å². The van der Waals surface area contributed by atoms with Crippen LogP contribution in [-0.2, 0) is 14.6 Å². The van der Waals surface area contributed by atoms with Crippen LogP contribution in [0.15, 0.2) is 30.3 Å². The molecule has 1 aromatic carbocycles. The highest BCUT2D eigenvalue weighted by Gasteiger charge is 2.23. The molecule has 1 N–H and O–H groups in total. The number of likely N-dealkylation sites (N-methyl/N-ethyl adjacent to an activating group) is 1. The Morgan fingerprint density at radius 3 is 2.30 bits per heavy atom. The summed E-state index contributed by atoms with van der Waals surface area (Å²) in [6.45, 7) is 3.76. The highest BCUT2D eigenvalue weighted by atomic mass is 32.2. The normalized spacial score (nSPS) is 14.4. The van der Waals surface area contributed by atoms with E-state index in [0.29, 0.717) is 6.54 Å². The van der Waals surface area contributed by atoms with E-state index in [1.807, 2.05) is 49.2 Å². The molecule has 5 nitrogen and oxygen atoms in total. The van der Waals surface area contributed by atoms with Gasteiger partial charge in [-0.05, 0) is 26.0 Å². The van der Waals surface area contributed by atoms with E-state index in [1.165, 1.54) is 6.92 Å². The van der Waals surface area contributed by atoms with Crippen LogP contribution >= 0.6 is 0 Å². The van der Waals surface area contributed by atoms with Crippen molar-refractivity contribution in [2.24, 2.45) is 0 Å². The fourth-order valence-corrected chi connectivity index (χ4v) is 2.11. The summed E-state index contributed by atoms with van der Waals surface area (Å²) in [5.74, 6) is -0.458. The van der Waals surface area contributed by atoms with E-state index >= 15 is 0 Å². The van der Waals surface area contributed by atoms with Gasteiger partial charge in [0, 0.05) is 31.6 Å². The van der Waals surface area contributed by atoms with Gasteiger partial charge in [0.25, 0.3) is 0 Å². The lowest BCUT2D eigenvalue weighted by molar-refractivity contribution is -0.120. The summed E-state index contributed by atoms with van der Waals surface area (Å²) >= 11 is 0. The van der Waals surface area contributed by atoms with Gasteiger partial charge in [-0.2, -0.15) is 0 Å². The van der Waals surface area contributed by atoms with Crippen molar-refractivity contribution < 1.29 is 13.2 Å². The lowest BCUT2D eigenvalue weighted by Gasteiger charge is -2.27. The zero-order valence-corrected chi connectivity index (χ0v) is 13.1. The topological polar surface area (TPSA) is 66.5 Å². The Labute approximate surface area is 120 Å². The summed E-state index contributed by atoms with van der Waals surface area (Å²) in [5, 5.41) is 1.66. The predicted molar refractivity (Wildman–Crippen MR) is 81.6 cm³/mol. The first-order valence-corrected chi connectivity index (χ1v) is 8.43. The largest absolute Gasteiger partial charge is 0.370 e. The van der Waals surface area contributed by atoms with Gasteiger partial charge < -0.3 is 10.2 Å². The van der Waals surface area contributed by atoms with E-state index in [0.717, 1.165) is 11.9 Å². The molecule has 112 valence electrons. The molecule has 0 unspecified atom stereocenters. The van der Waals surface area contributed by atoms with Crippen LogP contribution in [0.4, 0.5) is 5.69 Å². The first kappa shape index (κ1) is 16.5. The molecule has 0 aromatic heterocycles. The Morgan fingerprint density at radius 1 is 1.25 bits per heavy atom. The average Bonchev–Trinajstić information content (AvgIpc) is 2.42. The van der Waals surface area contributed by atoms with Crippen LogP contribution in [-0.4, -0.2) is 45.5 Å². The summed E-state index contributed by atoms with van der Waals surface area (Å²) in [6.07, 6.45) is 1.07. The van der Waals surface area contributed by atoms with Crippen molar-refractivity contribution >= 4 is 21.4 Å². The quantitative estimate of drug-likeness (QED) is 0.853. The minimum atomic E-state index is -3.35. The minimum Gasteiger partial charge on any atom is -0.370 e. The number of carbonyl (C=O) groups excluding carboxylic acids is 1. The van der Waals surface area contributed by atoms with Crippen molar-refractivity contribution in [3.05, 3.63) is 30.3 Å². The van der Waals surface area contributed by atoms with Gasteiger partial charge in [0.15, 0.2) is 9.84 Å². The maximum absolute atomic E-state index is 11.7. The molecule has 0 fully saturated rings. The monoisotopic (exact) mass is 298 g/mol.